The monoisotopic (exact) mass is 335 g/mol. The van der Waals surface area contributed by atoms with Gasteiger partial charge >= 0.3 is 0 Å². The molecular weight excluding hydrogens is 322 g/mol. The number of hydrogen-bond donors (Lipinski definition) is 0. The van der Waals surface area contributed by atoms with Crippen LogP contribution in [0, 0.1) is 6.92 Å². The van der Waals surface area contributed by atoms with Crippen molar-refractivity contribution in [3.8, 4) is 11.5 Å². The summed E-state index contributed by atoms with van der Waals surface area (Å²) in [4.78, 5) is 16.1. The highest BCUT2D eigenvalue weighted by atomic mass is 79.9. The van der Waals surface area contributed by atoms with Gasteiger partial charge in [0, 0.05) is 10.7 Å². The van der Waals surface area contributed by atoms with Crippen LogP contribution < -0.4 is 9.47 Å². The number of Topliss-reactive ketones (excluding diaryl/α,β-unsaturated/α-hetero) is 1. The van der Waals surface area contributed by atoms with E-state index in [0.717, 1.165) is 10.0 Å². The maximum Gasteiger partial charge on any atom is 0.203 e. The highest BCUT2D eigenvalue weighted by molar-refractivity contribution is 9.10. The fraction of sp³-hybridized carbons (Fsp3) is 0.200. The van der Waals surface area contributed by atoms with E-state index in [-0.39, 0.29) is 12.4 Å². The molecule has 104 valence electrons. The molecule has 0 amide bonds. The van der Waals surface area contributed by atoms with Crippen molar-refractivity contribution in [3.05, 3.63) is 52.3 Å². The summed E-state index contributed by atoms with van der Waals surface area (Å²) < 4.78 is 11.5. The Kier molecular flexibility index (Phi) is 4.74. The quantitative estimate of drug-likeness (QED) is 0.785. The van der Waals surface area contributed by atoms with Gasteiger partial charge < -0.3 is 9.47 Å². The van der Waals surface area contributed by atoms with Gasteiger partial charge in [0.15, 0.2) is 6.61 Å². The van der Waals surface area contributed by atoms with Crippen LogP contribution in [0.3, 0.4) is 0 Å². The number of aryl methyl sites for hydroxylation is 1. The first-order chi connectivity index (χ1) is 9.60. The highest BCUT2D eigenvalue weighted by Crippen LogP contribution is 2.21. The largest absolute Gasteiger partial charge is 0.496 e. The molecule has 0 aliphatic rings. The molecule has 2 rings (SSSR count). The van der Waals surface area contributed by atoms with Crippen LogP contribution in [0.2, 0.25) is 0 Å². The zero-order valence-corrected chi connectivity index (χ0v) is 12.8. The number of hydrogen-bond acceptors (Lipinski definition) is 4. The van der Waals surface area contributed by atoms with E-state index in [1.165, 1.54) is 0 Å². The predicted octanol–water partition coefficient (Wildman–Crippen LogP) is 3.42. The van der Waals surface area contributed by atoms with Gasteiger partial charge in [0.2, 0.25) is 5.78 Å². The molecule has 0 aliphatic heterocycles. The number of methoxy groups -OCH3 is 1. The first kappa shape index (κ1) is 14.5. The Labute approximate surface area is 125 Å². The average Bonchev–Trinajstić information content (AvgIpc) is 2.44. The molecule has 0 saturated heterocycles. The van der Waals surface area contributed by atoms with Gasteiger partial charge in [0.1, 0.15) is 11.5 Å². The lowest BCUT2D eigenvalue weighted by Crippen LogP contribution is -2.13. The number of carbonyl (C=O) groups excluding carboxylic acids is 1. The number of benzene rings is 1. The number of carbonyl (C=O) groups is 1. The van der Waals surface area contributed by atoms with Crippen molar-refractivity contribution in [1.29, 1.82) is 0 Å². The lowest BCUT2D eigenvalue weighted by molar-refractivity contribution is 0.0918. The third kappa shape index (κ3) is 3.57. The summed E-state index contributed by atoms with van der Waals surface area (Å²) in [5, 5.41) is 0. The molecule has 5 heteroatoms. The summed E-state index contributed by atoms with van der Waals surface area (Å²) in [6, 6.07) is 7.20. The van der Waals surface area contributed by atoms with Crippen molar-refractivity contribution in [2.24, 2.45) is 0 Å². The molecule has 0 bridgehead atoms. The highest BCUT2D eigenvalue weighted by Gasteiger charge is 2.13. The predicted molar refractivity (Wildman–Crippen MR) is 79.5 cm³/mol. The van der Waals surface area contributed by atoms with Crippen LogP contribution >= 0.6 is 15.9 Å². The van der Waals surface area contributed by atoms with Gasteiger partial charge in [-0.05, 0) is 46.6 Å². The van der Waals surface area contributed by atoms with Crippen molar-refractivity contribution in [1.82, 2.24) is 4.98 Å². The molecule has 2 aromatic rings. The first-order valence-corrected chi connectivity index (χ1v) is 6.80. The van der Waals surface area contributed by atoms with Crippen molar-refractivity contribution >= 4 is 21.7 Å². The molecule has 1 aromatic heterocycles. The molecule has 0 saturated carbocycles. The zero-order valence-electron chi connectivity index (χ0n) is 11.2. The first-order valence-electron chi connectivity index (χ1n) is 6.01. The molecule has 0 aliphatic carbocycles. The number of aromatic nitrogens is 1. The van der Waals surface area contributed by atoms with Crippen LogP contribution in [0.4, 0.5) is 0 Å². The Hall–Kier alpha value is -1.88. The number of nitrogens with zero attached hydrogens (tertiary/aromatic N) is 1. The minimum Gasteiger partial charge on any atom is -0.496 e. The molecule has 1 aromatic carbocycles. The van der Waals surface area contributed by atoms with E-state index >= 15 is 0 Å². The van der Waals surface area contributed by atoms with Crippen LogP contribution in [0.15, 0.2) is 41.1 Å². The smallest absolute Gasteiger partial charge is 0.203 e. The molecule has 0 atom stereocenters. The van der Waals surface area contributed by atoms with Crippen LogP contribution in [-0.4, -0.2) is 24.5 Å². The van der Waals surface area contributed by atoms with Gasteiger partial charge in [-0.25, -0.2) is 0 Å². The van der Waals surface area contributed by atoms with Crippen molar-refractivity contribution in [3.63, 3.8) is 0 Å². The summed E-state index contributed by atoms with van der Waals surface area (Å²) in [6.45, 7) is 1.89. The van der Waals surface area contributed by atoms with E-state index in [1.807, 2.05) is 19.1 Å². The van der Waals surface area contributed by atoms with Gasteiger partial charge in [0.25, 0.3) is 0 Å². The fourth-order valence-corrected chi connectivity index (χ4v) is 2.07. The molecule has 0 radical (unpaired) electrons. The number of halogens is 1. The van der Waals surface area contributed by atoms with Gasteiger partial charge in [-0.3, -0.25) is 9.78 Å². The molecule has 1 heterocycles. The Bertz CT molecular complexity index is 628. The van der Waals surface area contributed by atoms with Crippen molar-refractivity contribution in [2.45, 2.75) is 6.92 Å². The lowest BCUT2D eigenvalue weighted by Gasteiger charge is -2.09. The Morgan fingerprint density at radius 3 is 2.80 bits per heavy atom. The number of rotatable bonds is 5. The van der Waals surface area contributed by atoms with Crippen LogP contribution in [0.1, 0.15) is 15.9 Å². The number of ketones is 1. The van der Waals surface area contributed by atoms with Crippen LogP contribution in [-0.2, 0) is 0 Å². The Morgan fingerprint density at radius 1 is 1.30 bits per heavy atom. The van der Waals surface area contributed by atoms with Crippen molar-refractivity contribution in [2.75, 3.05) is 13.7 Å². The SMILES string of the molecule is COc1cc(C)ccc1C(=O)COc1cncc(Br)c1. The van der Waals surface area contributed by atoms with Gasteiger partial charge in [-0.1, -0.05) is 6.07 Å². The normalized spacial score (nSPS) is 10.2. The molecule has 20 heavy (non-hydrogen) atoms. The molecule has 0 unspecified atom stereocenters. The van der Waals surface area contributed by atoms with Crippen molar-refractivity contribution < 1.29 is 14.3 Å². The van der Waals surface area contributed by atoms with E-state index < -0.39 is 0 Å². The summed E-state index contributed by atoms with van der Waals surface area (Å²) in [6.07, 6.45) is 3.21. The van der Waals surface area contributed by atoms with E-state index in [2.05, 4.69) is 20.9 Å². The van der Waals surface area contributed by atoms with Gasteiger partial charge in [0.05, 0.1) is 18.9 Å². The third-order valence-electron chi connectivity index (χ3n) is 2.71. The minimum absolute atomic E-state index is 0.0580. The summed E-state index contributed by atoms with van der Waals surface area (Å²) in [5.74, 6) is 0.964. The zero-order chi connectivity index (χ0) is 14.5. The third-order valence-corrected chi connectivity index (χ3v) is 3.14. The molecular formula is C15H14BrNO3. The van der Waals surface area contributed by atoms with Gasteiger partial charge in [-0.15, -0.1) is 0 Å². The van der Waals surface area contributed by atoms with E-state index in [0.29, 0.717) is 17.1 Å². The fourth-order valence-electron chi connectivity index (χ4n) is 1.73. The number of ether oxygens (including phenoxy) is 2. The number of pyridine rings is 1. The second-order valence-electron chi connectivity index (χ2n) is 4.25. The lowest BCUT2D eigenvalue weighted by atomic mass is 10.1. The molecule has 0 N–H and O–H groups in total. The standard InChI is InChI=1S/C15H14BrNO3/c1-10-3-4-13(15(5-10)19-2)14(18)9-20-12-6-11(16)7-17-8-12/h3-8H,9H2,1-2H3. The van der Waals surface area contributed by atoms with Crippen LogP contribution in [0.5, 0.6) is 11.5 Å². The van der Waals surface area contributed by atoms with Gasteiger partial charge in [-0.2, -0.15) is 0 Å². The van der Waals surface area contributed by atoms with E-state index in [9.17, 15) is 4.79 Å². The summed E-state index contributed by atoms with van der Waals surface area (Å²) >= 11 is 3.30. The summed E-state index contributed by atoms with van der Waals surface area (Å²) in [7, 11) is 1.55. The van der Waals surface area contributed by atoms with E-state index in [4.69, 9.17) is 9.47 Å². The topological polar surface area (TPSA) is 48.4 Å². The van der Waals surface area contributed by atoms with E-state index in [1.54, 1.807) is 31.6 Å². The summed E-state index contributed by atoms with van der Waals surface area (Å²) in [5.41, 5.74) is 1.55. The molecule has 4 nitrogen and oxygen atoms in total. The molecule has 0 spiro atoms. The minimum atomic E-state index is -0.137. The Morgan fingerprint density at radius 2 is 2.10 bits per heavy atom. The van der Waals surface area contributed by atoms with Crippen LogP contribution in [0.25, 0.3) is 0 Å². The molecule has 0 fully saturated rings. The average molecular weight is 336 g/mol. The second kappa shape index (κ2) is 6.52. The Balaban J connectivity index is 2.09. The maximum absolute atomic E-state index is 12.2. The second-order valence-corrected chi connectivity index (χ2v) is 5.17. The maximum atomic E-state index is 12.2.